The summed E-state index contributed by atoms with van der Waals surface area (Å²) in [5.41, 5.74) is 12.0. The lowest BCUT2D eigenvalue weighted by Crippen LogP contribution is -2.32. The first kappa shape index (κ1) is 23.0. The zero-order chi connectivity index (χ0) is 25.0. The number of nitrogens with zero attached hydrogens (tertiary/aromatic N) is 4. The van der Waals surface area contributed by atoms with Crippen molar-refractivity contribution in [3.63, 3.8) is 0 Å². The summed E-state index contributed by atoms with van der Waals surface area (Å²) in [6.07, 6.45) is 2.20. The van der Waals surface area contributed by atoms with Crippen LogP contribution in [0.15, 0.2) is 54.6 Å². The first-order valence-corrected chi connectivity index (χ1v) is 12.4. The lowest BCUT2D eigenvalue weighted by molar-refractivity contribution is 0.205. The van der Waals surface area contributed by atoms with E-state index in [1.807, 2.05) is 30.3 Å². The quantitative estimate of drug-likeness (QED) is 0.401. The van der Waals surface area contributed by atoms with Crippen molar-refractivity contribution in [1.29, 1.82) is 0 Å². The van der Waals surface area contributed by atoms with Gasteiger partial charge in [-0.3, -0.25) is 4.90 Å². The number of nitrogens with two attached hydrogens (primary N) is 1. The van der Waals surface area contributed by atoms with E-state index in [1.54, 1.807) is 0 Å². The van der Waals surface area contributed by atoms with Crippen molar-refractivity contribution < 1.29 is 8.78 Å². The molecule has 1 saturated heterocycles. The lowest BCUT2D eigenvalue weighted by Gasteiger charge is -2.27. The number of hydrogen-bond donors (Lipinski definition) is 1. The van der Waals surface area contributed by atoms with Gasteiger partial charge in [0.2, 0.25) is 5.95 Å². The molecule has 0 saturated carbocycles. The standard InChI is InChI=1S/C29H28F2N5/c1-16-7-8-17(2)36(16)15-20-12-24(30)25(31)13-22(20)18-9-10-26-23(11-18)28(35-29(32)34-26)27-21-6-4-3-5-19(21)14-33-27/h3-6,9-13,16-17,27H,7-8,14-15H2,1-2H3,(H2,32,34,35). The number of anilines is 1. The van der Waals surface area contributed by atoms with Gasteiger partial charge in [0.25, 0.3) is 0 Å². The van der Waals surface area contributed by atoms with E-state index in [1.165, 1.54) is 17.7 Å². The van der Waals surface area contributed by atoms with E-state index >= 15 is 0 Å². The molecule has 0 bridgehead atoms. The number of benzene rings is 3. The van der Waals surface area contributed by atoms with Gasteiger partial charge in [0.05, 0.1) is 17.3 Å². The molecule has 2 aliphatic rings. The van der Waals surface area contributed by atoms with Crippen LogP contribution in [-0.4, -0.2) is 27.0 Å². The van der Waals surface area contributed by atoms with E-state index in [-0.39, 0.29) is 12.0 Å². The van der Waals surface area contributed by atoms with Gasteiger partial charge in [-0.15, -0.1) is 0 Å². The molecule has 3 aromatic carbocycles. The van der Waals surface area contributed by atoms with E-state index in [9.17, 15) is 8.78 Å². The predicted octanol–water partition coefficient (Wildman–Crippen LogP) is 5.74. The molecule has 183 valence electrons. The molecule has 3 heterocycles. The maximum atomic E-state index is 14.5. The van der Waals surface area contributed by atoms with Crippen LogP contribution in [0.4, 0.5) is 14.7 Å². The molecule has 1 aromatic heterocycles. The second kappa shape index (κ2) is 8.91. The molecule has 0 aliphatic carbocycles. The number of hydrogen-bond acceptors (Lipinski definition) is 4. The van der Waals surface area contributed by atoms with Gasteiger partial charge >= 0.3 is 0 Å². The van der Waals surface area contributed by atoms with Crippen LogP contribution < -0.4 is 11.1 Å². The molecule has 3 unspecified atom stereocenters. The highest BCUT2D eigenvalue weighted by molar-refractivity contribution is 5.88. The van der Waals surface area contributed by atoms with Crippen molar-refractivity contribution in [1.82, 2.24) is 20.2 Å². The van der Waals surface area contributed by atoms with E-state index in [4.69, 9.17) is 11.1 Å². The fourth-order valence-electron chi connectivity index (χ4n) is 5.76. The third-order valence-electron chi connectivity index (χ3n) is 7.74. The van der Waals surface area contributed by atoms with Gasteiger partial charge in [-0.2, -0.15) is 0 Å². The van der Waals surface area contributed by atoms with Crippen molar-refractivity contribution in [3.05, 3.63) is 88.6 Å². The average Bonchev–Trinajstić information content (AvgIpc) is 3.44. The minimum absolute atomic E-state index is 0.190. The van der Waals surface area contributed by atoms with E-state index in [0.29, 0.717) is 36.3 Å². The molecule has 1 fully saturated rings. The van der Waals surface area contributed by atoms with Crippen LogP contribution in [0.25, 0.3) is 22.0 Å². The molecule has 6 rings (SSSR count). The average molecular weight is 485 g/mol. The summed E-state index contributed by atoms with van der Waals surface area (Å²) in [6, 6.07) is 17.1. The molecule has 5 nitrogen and oxygen atoms in total. The second-order valence-corrected chi connectivity index (χ2v) is 10.0. The second-order valence-electron chi connectivity index (χ2n) is 10.0. The maximum absolute atomic E-state index is 14.5. The maximum Gasteiger partial charge on any atom is 0.220 e. The number of aromatic nitrogens is 2. The van der Waals surface area contributed by atoms with Crippen LogP contribution in [0.1, 0.15) is 55.1 Å². The van der Waals surface area contributed by atoms with E-state index in [2.05, 4.69) is 40.8 Å². The number of likely N-dealkylation sites (tertiary alicyclic amines) is 1. The van der Waals surface area contributed by atoms with Gasteiger partial charge in [0.1, 0.15) is 0 Å². The molecule has 0 amide bonds. The minimum Gasteiger partial charge on any atom is -0.368 e. The minimum atomic E-state index is -0.857. The summed E-state index contributed by atoms with van der Waals surface area (Å²) < 4.78 is 28.9. The van der Waals surface area contributed by atoms with Crippen LogP contribution in [-0.2, 0) is 13.1 Å². The Morgan fingerprint density at radius 2 is 1.69 bits per heavy atom. The third kappa shape index (κ3) is 3.92. The molecule has 36 heavy (non-hydrogen) atoms. The van der Waals surface area contributed by atoms with Crippen LogP contribution in [0.5, 0.6) is 0 Å². The highest BCUT2D eigenvalue weighted by Crippen LogP contribution is 2.37. The van der Waals surface area contributed by atoms with Crippen molar-refractivity contribution in [2.24, 2.45) is 0 Å². The van der Waals surface area contributed by atoms with Crippen LogP contribution in [0.2, 0.25) is 0 Å². The zero-order valence-electron chi connectivity index (χ0n) is 20.4. The fraction of sp³-hybridized carbons (Fsp3) is 0.310. The number of rotatable bonds is 4. The van der Waals surface area contributed by atoms with Crippen LogP contribution in [0, 0.1) is 11.6 Å². The highest BCUT2D eigenvalue weighted by Gasteiger charge is 2.30. The number of halogens is 2. The highest BCUT2D eigenvalue weighted by atomic mass is 19.2. The largest absolute Gasteiger partial charge is 0.368 e. The fourth-order valence-corrected chi connectivity index (χ4v) is 5.76. The molecule has 7 heteroatoms. The van der Waals surface area contributed by atoms with Crippen molar-refractivity contribution in [2.75, 3.05) is 5.73 Å². The predicted molar refractivity (Wildman–Crippen MR) is 137 cm³/mol. The Kier molecular flexibility index (Phi) is 5.69. The molecule has 4 aromatic rings. The molecule has 2 N–H and O–H groups in total. The van der Waals surface area contributed by atoms with Gasteiger partial charge in [-0.05, 0) is 78.8 Å². The summed E-state index contributed by atoms with van der Waals surface area (Å²) >= 11 is 0. The monoisotopic (exact) mass is 484 g/mol. The first-order valence-electron chi connectivity index (χ1n) is 12.4. The lowest BCUT2D eigenvalue weighted by atomic mass is 9.94. The van der Waals surface area contributed by atoms with Crippen LogP contribution >= 0.6 is 0 Å². The molecular weight excluding hydrogens is 456 g/mol. The Hall–Kier alpha value is -3.42. The summed E-state index contributed by atoms with van der Waals surface area (Å²) in [5, 5.41) is 5.64. The van der Waals surface area contributed by atoms with Gasteiger partial charge in [-0.25, -0.2) is 24.1 Å². The SMILES string of the molecule is CC1CCC(C)N1Cc1cc(F)c(F)cc1-c1ccc2nc(N)nc(C3[N]Cc4ccccc43)c2c1. The molecule has 3 atom stereocenters. The van der Waals surface area contributed by atoms with Gasteiger partial charge in [0, 0.05) is 30.6 Å². The summed E-state index contributed by atoms with van der Waals surface area (Å²) in [6.45, 7) is 5.56. The van der Waals surface area contributed by atoms with Gasteiger partial charge < -0.3 is 5.73 Å². The smallest absolute Gasteiger partial charge is 0.220 e. The Balaban J connectivity index is 1.49. The zero-order valence-corrected chi connectivity index (χ0v) is 20.4. The topological polar surface area (TPSA) is 69.1 Å². The molecule has 1 radical (unpaired) electrons. The molecular formula is C29H28F2N5. The Bertz CT molecular complexity index is 1460. The van der Waals surface area contributed by atoms with Crippen molar-refractivity contribution in [3.8, 4) is 11.1 Å². The first-order chi connectivity index (χ1) is 17.4. The normalized spacial score (nSPS) is 21.8. The number of fused-ring (bicyclic) bond motifs is 2. The molecule has 0 spiro atoms. The summed E-state index contributed by atoms with van der Waals surface area (Å²) in [4.78, 5) is 11.4. The van der Waals surface area contributed by atoms with Crippen molar-refractivity contribution in [2.45, 2.75) is 57.9 Å². The Morgan fingerprint density at radius 3 is 2.50 bits per heavy atom. The van der Waals surface area contributed by atoms with Gasteiger partial charge in [0.15, 0.2) is 11.6 Å². The number of nitrogen functional groups attached to an aromatic ring is 1. The summed E-state index contributed by atoms with van der Waals surface area (Å²) in [7, 11) is 0. The van der Waals surface area contributed by atoms with Gasteiger partial charge in [-0.1, -0.05) is 30.3 Å². The van der Waals surface area contributed by atoms with E-state index < -0.39 is 11.6 Å². The third-order valence-corrected chi connectivity index (χ3v) is 7.74. The Labute approximate surface area is 209 Å². The van der Waals surface area contributed by atoms with Crippen molar-refractivity contribution >= 4 is 16.9 Å². The van der Waals surface area contributed by atoms with Crippen LogP contribution in [0.3, 0.4) is 0 Å². The van der Waals surface area contributed by atoms with E-state index in [0.717, 1.165) is 40.6 Å². The Morgan fingerprint density at radius 1 is 0.944 bits per heavy atom. The molecule has 2 aliphatic heterocycles. The summed E-state index contributed by atoms with van der Waals surface area (Å²) in [5.74, 6) is -1.49.